The van der Waals surface area contributed by atoms with Crippen molar-refractivity contribution in [2.75, 3.05) is 31.6 Å². The van der Waals surface area contributed by atoms with Crippen LogP contribution in [0.4, 0.5) is 10.2 Å². The molecule has 3 atom stereocenters. The molecule has 2 fully saturated rings. The predicted octanol–water partition coefficient (Wildman–Crippen LogP) is 3.61. The molecular formula is C23H26FN5O2. The van der Waals surface area contributed by atoms with E-state index in [4.69, 9.17) is 9.47 Å². The molecule has 1 aromatic carbocycles. The third-order valence-electron chi connectivity index (χ3n) is 6.60. The average Bonchev–Trinajstić information content (AvgIpc) is 3.52. The summed E-state index contributed by atoms with van der Waals surface area (Å²) in [5, 5.41) is 4.67. The predicted molar refractivity (Wildman–Crippen MR) is 115 cm³/mol. The number of morpholine rings is 1. The molecule has 3 aliphatic rings. The van der Waals surface area contributed by atoms with E-state index in [-0.39, 0.29) is 24.0 Å². The molecule has 1 saturated carbocycles. The number of hydrogen-bond acceptors (Lipinski definition) is 6. The number of ether oxygens (including phenoxy) is 2. The highest BCUT2D eigenvalue weighted by Crippen LogP contribution is 2.42. The average molecular weight is 423 g/mol. The minimum absolute atomic E-state index is 0.0798. The van der Waals surface area contributed by atoms with Gasteiger partial charge >= 0.3 is 0 Å². The van der Waals surface area contributed by atoms with E-state index < -0.39 is 0 Å². The normalized spacial score (nSPS) is 26.5. The van der Waals surface area contributed by atoms with Crippen molar-refractivity contribution in [2.45, 2.75) is 43.9 Å². The number of benzene rings is 1. The lowest BCUT2D eigenvalue weighted by Gasteiger charge is -2.43. The van der Waals surface area contributed by atoms with Gasteiger partial charge in [0.25, 0.3) is 0 Å². The Morgan fingerprint density at radius 2 is 2.13 bits per heavy atom. The van der Waals surface area contributed by atoms with Crippen molar-refractivity contribution in [1.82, 2.24) is 19.9 Å². The Labute approximate surface area is 180 Å². The summed E-state index contributed by atoms with van der Waals surface area (Å²) in [4.78, 5) is 14.9. The summed E-state index contributed by atoms with van der Waals surface area (Å²) in [5.74, 6) is 1.70. The van der Waals surface area contributed by atoms with Gasteiger partial charge in [-0.1, -0.05) is 6.07 Å². The minimum atomic E-state index is -0.292. The first kappa shape index (κ1) is 19.0. The van der Waals surface area contributed by atoms with Gasteiger partial charge in [-0.3, -0.25) is 4.90 Å². The highest BCUT2D eigenvalue weighted by molar-refractivity contribution is 5.88. The van der Waals surface area contributed by atoms with Gasteiger partial charge in [0.15, 0.2) is 0 Å². The maximum absolute atomic E-state index is 13.9. The van der Waals surface area contributed by atoms with Crippen LogP contribution in [0.5, 0.6) is 5.75 Å². The number of rotatable bonds is 4. The highest BCUT2D eigenvalue weighted by atomic mass is 19.1. The monoisotopic (exact) mass is 423 g/mol. The first-order chi connectivity index (χ1) is 15.2. The number of aromatic nitrogens is 3. The van der Waals surface area contributed by atoms with Gasteiger partial charge in [-0.15, -0.1) is 0 Å². The van der Waals surface area contributed by atoms with Gasteiger partial charge in [-0.05, 0) is 37.8 Å². The van der Waals surface area contributed by atoms with E-state index in [1.54, 1.807) is 6.33 Å². The zero-order chi connectivity index (χ0) is 20.9. The van der Waals surface area contributed by atoms with Gasteiger partial charge in [-0.25, -0.2) is 14.4 Å². The lowest BCUT2D eigenvalue weighted by molar-refractivity contribution is -0.0465. The third-order valence-corrected chi connectivity index (χ3v) is 6.60. The van der Waals surface area contributed by atoms with Crippen LogP contribution in [0.15, 0.2) is 30.6 Å². The third kappa shape index (κ3) is 3.53. The molecular weight excluding hydrogens is 397 g/mol. The van der Waals surface area contributed by atoms with Crippen LogP contribution in [0.25, 0.3) is 11.0 Å². The summed E-state index contributed by atoms with van der Waals surface area (Å²) in [7, 11) is 0. The van der Waals surface area contributed by atoms with Crippen molar-refractivity contribution >= 4 is 16.9 Å². The summed E-state index contributed by atoms with van der Waals surface area (Å²) in [6.07, 6.45) is 4.20. The van der Waals surface area contributed by atoms with Crippen LogP contribution in [-0.2, 0) is 4.74 Å². The summed E-state index contributed by atoms with van der Waals surface area (Å²) in [6.45, 7) is 4.94. The minimum Gasteiger partial charge on any atom is -0.491 e. The lowest BCUT2D eigenvalue weighted by atomic mass is 9.94. The first-order valence-electron chi connectivity index (χ1n) is 11.0. The van der Waals surface area contributed by atoms with Crippen LogP contribution >= 0.6 is 0 Å². The SMILES string of the molecule is C[C@H]1CN([C@@H]2COc3cc(F)ccc3[C@H]2Nc2ncnc3[nH]c(C4CC4)cc23)CCO1. The zero-order valence-electron chi connectivity index (χ0n) is 17.5. The molecule has 0 amide bonds. The fraction of sp³-hybridized carbons (Fsp3) is 0.478. The second-order valence-corrected chi connectivity index (χ2v) is 8.84. The van der Waals surface area contributed by atoms with Crippen LogP contribution in [-0.4, -0.2) is 58.3 Å². The lowest BCUT2D eigenvalue weighted by Crippen LogP contribution is -2.54. The summed E-state index contributed by atoms with van der Waals surface area (Å²) >= 11 is 0. The number of H-pyrrole nitrogens is 1. The van der Waals surface area contributed by atoms with Gasteiger partial charge in [0.2, 0.25) is 0 Å². The van der Waals surface area contributed by atoms with Crippen molar-refractivity contribution in [2.24, 2.45) is 0 Å². The maximum Gasteiger partial charge on any atom is 0.143 e. The fourth-order valence-electron chi connectivity index (χ4n) is 4.84. The van der Waals surface area contributed by atoms with Crippen molar-refractivity contribution < 1.29 is 13.9 Å². The summed E-state index contributed by atoms with van der Waals surface area (Å²) in [6, 6.07) is 6.95. The number of nitrogens with zero attached hydrogens (tertiary/aromatic N) is 3. The largest absolute Gasteiger partial charge is 0.491 e. The van der Waals surface area contributed by atoms with E-state index >= 15 is 0 Å². The zero-order valence-corrected chi connectivity index (χ0v) is 17.5. The van der Waals surface area contributed by atoms with Crippen molar-refractivity contribution in [1.29, 1.82) is 0 Å². The molecule has 0 spiro atoms. The number of aromatic amines is 1. The van der Waals surface area contributed by atoms with Crippen LogP contribution in [0.3, 0.4) is 0 Å². The Morgan fingerprint density at radius 1 is 1.23 bits per heavy atom. The van der Waals surface area contributed by atoms with Crippen LogP contribution < -0.4 is 10.1 Å². The highest BCUT2D eigenvalue weighted by Gasteiger charge is 2.37. The number of anilines is 1. The van der Waals surface area contributed by atoms with Crippen LogP contribution in [0.2, 0.25) is 0 Å². The molecule has 31 heavy (non-hydrogen) atoms. The molecule has 6 rings (SSSR count). The number of halogens is 1. The quantitative estimate of drug-likeness (QED) is 0.668. The van der Waals surface area contributed by atoms with Crippen LogP contribution in [0.1, 0.15) is 43.0 Å². The Bertz CT molecular complexity index is 1110. The molecule has 0 radical (unpaired) electrons. The topological polar surface area (TPSA) is 75.3 Å². The summed E-state index contributed by atoms with van der Waals surface area (Å²) < 4.78 is 25.6. The molecule has 3 aromatic rings. The van der Waals surface area contributed by atoms with Gasteiger partial charge in [0.05, 0.1) is 30.2 Å². The Balaban J connectivity index is 1.39. The Hall–Kier alpha value is -2.71. The first-order valence-corrected chi connectivity index (χ1v) is 11.0. The van der Waals surface area contributed by atoms with Gasteiger partial charge < -0.3 is 19.8 Å². The molecule has 4 heterocycles. The number of hydrogen-bond donors (Lipinski definition) is 2. The smallest absolute Gasteiger partial charge is 0.143 e. The molecule has 2 aromatic heterocycles. The van der Waals surface area contributed by atoms with E-state index in [2.05, 4.69) is 38.2 Å². The van der Waals surface area contributed by atoms with Gasteiger partial charge in [0.1, 0.15) is 36.0 Å². The molecule has 8 heteroatoms. The van der Waals surface area contributed by atoms with E-state index in [0.717, 1.165) is 35.5 Å². The van der Waals surface area contributed by atoms with Gasteiger partial charge in [-0.2, -0.15) is 0 Å². The van der Waals surface area contributed by atoms with E-state index in [0.29, 0.717) is 24.9 Å². The molecule has 1 saturated heterocycles. The van der Waals surface area contributed by atoms with Crippen LogP contribution in [0, 0.1) is 5.82 Å². The molecule has 0 bridgehead atoms. The molecule has 2 N–H and O–H groups in total. The van der Waals surface area contributed by atoms with Crippen molar-refractivity contribution in [3.8, 4) is 5.75 Å². The number of fused-ring (bicyclic) bond motifs is 2. The second kappa shape index (κ2) is 7.46. The molecule has 1 aliphatic carbocycles. The Morgan fingerprint density at radius 3 is 2.97 bits per heavy atom. The van der Waals surface area contributed by atoms with E-state index in [9.17, 15) is 4.39 Å². The van der Waals surface area contributed by atoms with Gasteiger partial charge in [0, 0.05) is 30.4 Å². The van der Waals surface area contributed by atoms with E-state index in [1.807, 2.05) is 6.07 Å². The van der Waals surface area contributed by atoms with Crippen molar-refractivity contribution in [3.05, 3.63) is 47.7 Å². The maximum atomic E-state index is 13.9. The molecule has 162 valence electrons. The molecule has 7 nitrogen and oxygen atoms in total. The second-order valence-electron chi connectivity index (χ2n) is 8.84. The molecule has 0 unspecified atom stereocenters. The molecule has 2 aliphatic heterocycles. The standard InChI is InChI=1S/C23H26FN5O2/c1-13-10-29(6-7-30-13)19-11-31-20-8-15(24)4-5-16(20)21(19)28-23-17-9-18(14-2-3-14)27-22(17)25-12-26-23/h4-5,8-9,12-14,19,21H,2-3,6-7,10-11H2,1H3,(H2,25,26,27,28)/t13-,19+,21+/m0/s1. The van der Waals surface area contributed by atoms with Crippen molar-refractivity contribution in [3.63, 3.8) is 0 Å². The Kier molecular flexibility index (Phi) is 4.57. The summed E-state index contributed by atoms with van der Waals surface area (Å²) in [5.41, 5.74) is 3.02. The fourth-order valence-corrected chi connectivity index (χ4v) is 4.84. The van der Waals surface area contributed by atoms with E-state index in [1.165, 1.54) is 30.7 Å². The number of nitrogens with one attached hydrogen (secondary N) is 2.